The van der Waals surface area contributed by atoms with Gasteiger partial charge in [0.2, 0.25) is 11.8 Å². The number of thioether (sulfide) groups is 1. The zero-order valence-electron chi connectivity index (χ0n) is 13.4. The number of carbonyl (C=O) groups excluding carboxylic acids is 1. The SMILES string of the molecule is O=C(CCSc1nnc(-c2cccc(Br)c2)o1)N1CCCCCC1. The van der Waals surface area contributed by atoms with E-state index in [1.54, 1.807) is 0 Å². The van der Waals surface area contributed by atoms with Crippen LogP contribution in [0.15, 0.2) is 38.4 Å². The molecule has 0 saturated carbocycles. The van der Waals surface area contributed by atoms with Gasteiger partial charge in [-0.15, -0.1) is 10.2 Å². The van der Waals surface area contributed by atoms with Crippen LogP contribution >= 0.6 is 27.7 Å². The highest BCUT2D eigenvalue weighted by Gasteiger charge is 2.16. The molecule has 0 aliphatic carbocycles. The van der Waals surface area contributed by atoms with Crippen molar-refractivity contribution in [1.29, 1.82) is 0 Å². The molecule has 2 heterocycles. The minimum atomic E-state index is 0.233. The second-order valence-electron chi connectivity index (χ2n) is 5.78. The van der Waals surface area contributed by atoms with Gasteiger partial charge in [0.15, 0.2) is 0 Å². The molecule has 5 nitrogen and oxygen atoms in total. The Morgan fingerprint density at radius 1 is 1.21 bits per heavy atom. The van der Waals surface area contributed by atoms with Crippen LogP contribution < -0.4 is 0 Å². The second-order valence-corrected chi connectivity index (χ2v) is 7.74. The van der Waals surface area contributed by atoms with Crippen molar-refractivity contribution in [3.05, 3.63) is 28.7 Å². The van der Waals surface area contributed by atoms with Gasteiger partial charge in [0.25, 0.3) is 5.22 Å². The van der Waals surface area contributed by atoms with Gasteiger partial charge in [0.05, 0.1) is 0 Å². The molecule has 0 radical (unpaired) electrons. The zero-order chi connectivity index (χ0) is 16.8. The lowest BCUT2D eigenvalue weighted by Crippen LogP contribution is -2.31. The fraction of sp³-hybridized carbons (Fsp3) is 0.471. The Hall–Kier alpha value is -1.34. The highest BCUT2D eigenvalue weighted by molar-refractivity contribution is 9.10. The average Bonchev–Trinajstić information content (AvgIpc) is 2.88. The summed E-state index contributed by atoms with van der Waals surface area (Å²) in [4.78, 5) is 14.2. The highest BCUT2D eigenvalue weighted by Crippen LogP contribution is 2.25. The minimum Gasteiger partial charge on any atom is -0.411 e. The molecule has 1 aromatic heterocycles. The number of amides is 1. The molecule has 1 fully saturated rings. The number of benzene rings is 1. The molecule has 0 unspecified atom stereocenters. The Morgan fingerprint density at radius 3 is 2.75 bits per heavy atom. The standard InChI is InChI=1S/C17H20BrN3O2S/c18-14-7-5-6-13(12-14)16-19-20-17(23-16)24-11-8-15(22)21-9-3-1-2-4-10-21/h5-7,12H,1-4,8-11H2. The molecule has 1 aromatic carbocycles. The maximum Gasteiger partial charge on any atom is 0.276 e. The van der Waals surface area contributed by atoms with Gasteiger partial charge in [0.1, 0.15) is 0 Å². The Kier molecular flexibility index (Phi) is 6.31. The maximum absolute atomic E-state index is 12.2. The van der Waals surface area contributed by atoms with E-state index in [-0.39, 0.29) is 5.91 Å². The summed E-state index contributed by atoms with van der Waals surface area (Å²) in [6.45, 7) is 1.80. The molecule has 0 bridgehead atoms. The summed E-state index contributed by atoms with van der Waals surface area (Å²) in [5, 5.41) is 8.63. The van der Waals surface area contributed by atoms with Crippen LogP contribution in [0.4, 0.5) is 0 Å². The maximum atomic E-state index is 12.2. The molecule has 24 heavy (non-hydrogen) atoms. The smallest absolute Gasteiger partial charge is 0.276 e. The number of nitrogens with zero attached hydrogens (tertiary/aromatic N) is 3. The lowest BCUT2D eigenvalue weighted by Gasteiger charge is -2.19. The van der Waals surface area contributed by atoms with E-state index in [0.29, 0.717) is 23.3 Å². The van der Waals surface area contributed by atoms with Gasteiger partial charge >= 0.3 is 0 Å². The Bertz CT molecular complexity index is 684. The van der Waals surface area contributed by atoms with Crippen molar-refractivity contribution in [2.24, 2.45) is 0 Å². The Labute approximate surface area is 154 Å². The summed E-state index contributed by atoms with van der Waals surface area (Å²) < 4.78 is 6.64. The molecule has 0 spiro atoms. The summed E-state index contributed by atoms with van der Waals surface area (Å²) in [6, 6.07) is 7.74. The van der Waals surface area contributed by atoms with Crippen molar-refractivity contribution in [2.75, 3.05) is 18.8 Å². The number of halogens is 1. The van der Waals surface area contributed by atoms with E-state index in [1.807, 2.05) is 29.2 Å². The van der Waals surface area contributed by atoms with Gasteiger partial charge in [-0.25, -0.2) is 0 Å². The number of aromatic nitrogens is 2. The third kappa shape index (κ3) is 4.83. The predicted octanol–water partition coefficient (Wildman–Crippen LogP) is 4.38. The third-order valence-corrected chi connectivity index (χ3v) is 5.29. The minimum absolute atomic E-state index is 0.233. The highest BCUT2D eigenvalue weighted by atomic mass is 79.9. The summed E-state index contributed by atoms with van der Waals surface area (Å²) in [7, 11) is 0. The molecule has 128 valence electrons. The largest absolute Gasteiger partial charge is 0.411 e. The third-order valence-electron chi connectivity index (χ3n) is 3.98. The first kappa shape index (κ1) is 17.5. The molecule has 0 atom stereocenters. The van der Waals surface area contributed by atoms with Crippen LogP contribution in [-0.4, -0.2) is 39.8 Å². The van der Waals surface area contributed by atoms with Crippen LogP contribution in [-0.2, 0) is 4.79 Å². The fourth-order valence-electron chi connectivity index (χ4n) is 2.71. The summed E-state index contributed by atoms with van der Waals surface area (Å²) in [5.41, 5.74) is 0.879. The number of hydrogen-bond acceptors (Lipinski definition) is 5. The average molecular weight is 410 g/mol. The lowest BCUT2D eigenvalue weighted by atomic mass is 10.2. The fourth-order valence-corrected chi connectivity index (χ4v) is 3.80. The van der Waals surface area contributed by atoms with Crippen LogP contribution in [0.25, 0.3) is 11.5 Å². The molecule has 0 N–H and O–H groups in total. The van der Waals surface area contributed by atoms with Gasteiger partial charge in [-0.3, -0.25) is 4.79 Å². The lowest BCUT2D eigenvalue weighted by molar-refractivity contribution is -0.130. The number of likely N-dealkylation sites (tertiary alicyclic amines) is 1. The van der Waals surface area contributed by atoms with Crippen molar-refractivity contribution in [2.45, 2.75) is 37.3 Å². The van der Waals surface area contributed by atoms with E-state index in [4.69, 9.17) is 4.42 Å². The first-order chi connectivity index (χ1) is 11.7. The van der Waals surface area contributed by atoms with Crippen molar-refractivity contribution >= 4 is 33.6 Å². The van der Waals surface area contributed by atoms with E-state index >= 15 is 0 Å². The van der Waals surface area contributed by atoms with Gasteiger partial charge in [0, 0.05) is 35.3 Å². The molecule has 1 saturated heterocycles. The number of carbonyl (C=O) groups is 1. The zero-order valence-corrected chi connectivity index (χ0v) is 15.8. The van der Waals surface area contributed by atoms with Gasteiger partial charge in [-0.1, -0.05) is 46.6 Å². The van der Waals surface area contributed by atoms with Crippen LogP contribution in [0, 0.1) is 0 Å². The monoisotopic (exact) mass is 409 g/mol. The topological polar surface area (TPSA) is 59.2 Å². The van der Waals surface area contributed by atoms with E-state index in [0.717, 1.165) is 36.0 Å². The molecule has 1 amide bonds. The molecule has 1 aliphatic rings. The van der Waals surface area contributed by atoms with Gasteiger partial charge in [-0.05, 0) is 31.0 Å². The van der Waals surface area contributed by atoms with E-state index < -0.39 is 0 Å². The van der Waals surface area contributed by atoms with Crippen molar-refractivity contribution in [3.8, 4) is 11.5 Å². The first-order valence-electron chi connectivity index (χ1n) is 8.22. The predicted molar refractivity (Wildman–Crippen MR) is 97.8 cm³/mol. The van der Waals surface area contributed by atoms with Crippen LogP contribution in [0.3, 0.4) is 0 Å². The molecular weight excluding hydrogens is 390 g/mol. The van der Waals surface area contributed by atoms with Crippen molar-refractivity contribution in [3.63, 3.8) is 0 Å². The van der Waals surface area contributed by atoms with E-state index in [9.17, 15) is 4.79 Å². The van der Waals surface area contributed by atoms with E-state index in [1.165, 1.54) is 24.6 Å². The molecular formula is C17H20BrN3O2S. The summed E-state index contributed by atoms with van der Waals surface area (Å²) in [5.74, 6) is 1.39. The van der Waals surface area contributed by atoms with Crippen molar-refractivity contribution in [1.82, 2.24) is 15.1 Å². The van der Waals surface area contributed by atoms with Gasteiger partial charge in [-0.2, -0.15) is 0 Å². The first-order valence-corrected chi connectivity index (χ1v) is 10.0. The normalized spacial score (nSPS) is 15.3. The number of hydrogen-bond donors (Lipinski definition) is 0. The summed E-state index contributed by atoms with van der Waals surface area (Å²) >= 11 is 4.87. The molecule has 1 aliphatic heterocycles. The second kappa shape index (κ2) is 8.67. The number of rotatable bonds is 5. The van der Waals surface area contributed by atoms with Gasteiger partial charge < -0.3 is 9.32 Å². The quantitative estimate of drug-likeness (QED) is 0.685. The summed E-state index contributed by atoms with van der Waals surface area (Å²) in [6.07, 6.45) is 5.23. The van der Waals surface area contributed by atoms with Crippen LogP contribution in [0.2, 0.25) is 0 Å². The van der Waals surface area contributed by atoms with E-state index in [2.05, 4.69) is 26.1 Å². The van der Waals surface area contributed by atoms with Crippen LogP contribution in [0.5, 0.6) is 0 Å². The Balaban J connectivity index is 1.49. The van der Waals surface area contributed by atoms with Crippen LogP contribution in [0.1, 0.15) is 32.1 Å². The van der Waals surface area contributed by atoms with Crippen molar-refractivity contribution < 1.29 is 9.21 Å². The molecule has 3 rings (SSSR count). The Morgan fingerprint density at radius 2 is 2.00 bits per heavy atom. The molecule has 2 aromatic rings. The molecule has 7 heteroatoms.